The molecular weight excluding hydrogens is 763 g/mol. The fraction of sp³-hybridized carbons (Fsp3) is 0.0164. The van der Waals surface area contributed by atoms with Gasteiger partial charge in [-0.15, -0.1) is 0 Å². The van der Waals surface area contributed by atoms with Crippen LogP contribution >= 0.6 is 0 Å². The van der Waals surface area contributed by atoms with E-state index >= 15 is 0 Å². The van der Waals surface area contributed by atoms with Crippen molar-refractivity contribution < 1.29 is 4.42 Å². The van der Waals surface area contributed by atoms with Crippen LogP contribution in [0.4, 0.5) is 17.1 Å². The molecule has 63 heavy (non-hydrogen) atoms. The van der Waals surface area contributed by atoms with Crippen molar-refractivity contribution in [1.82, 2.24) is 0 Å². The Morgan fingerprint density at radius 2 is 0.810 bits per heavy atom. The van der Waals surface area contributed by atoms with Crippen molar-refractivity contribution in [3.8, 4) is 55.6 Å². The van der Waals surface area contributed by atoms with E-state index in [1.807, 2.05) is 0 Å². The molecule has 294 valence electrons. The lowest BCUT2D eigenvalue weighted by molar-refractivity contribution is 0.669. The number of para-hydroxylation sites is 3. The molecule has 1 spiro atoms. The maximum absolute atomic E-state index is 6.93. The van der Waals surface area contributed by atoms with Gasteiger partial charge in [-0.2, -0.15) is 0 Å². The summed E-state index contributed by atoms with van der Waals surface area (Å²) in [6, 6.07) is 86.7. The van der Waals surface area contributed by atoms with E-state index in [0.29, 0.717) is 0 Å². The van der Waals surface area contributed by atoms with E-state index < -0.39 is 5.41 Å². The maximum Gasteiger partial charge on any atom is 0.143 e. The molecule has 2 heteroatoms. The molecule has 0 radical (unpaired) electrons. The third-order valence-electron chi connectivity index (χ3n) is 13.5. The number of nitrogens with zero attached hydrogens (tertiary/aromatic N) is 1. The van der Waals surface area contributed by atoms with E-state index in [-0.39, 0.29) is 0 Å². The van der Waals surface area contributed by atoms with Gasteiger partial charge in [-0.05, 0) is 91.5 Å². The van der Waals surface area contributed by atoms with Crippen LogP contribution in [0.5, 0.6) is 0 Å². The molecule has 1 unspecified atom stereocenters. The molecule has 0 N–H and O–H groups in total. The molecule has 1 heterocycles. The molecule has 13 rings (SSSR count). The lowest BCUT2D eigenvalue weighted by Gasteiger charge is -2.37. The van der Waals surface area contributed by atoms with Crippen molar-refractivity contribution in [2.45, 2.75) is 5.41 Å². The Balaban J connectivity index is 1.18. The summed E-state index contributed by atoms with van der Waals surface area (Å²) in [6.45, 7) is 0. The Labute approximate surface area is 366 Å². The van der Waals surface area contributed by atoms with Crippen molar-refractivity contribution >= 4 is 39.0 Å². The first-order valence-electron chi connectivity index (χ1n) is 21.8. The Kier molecular flexibility index (Phi) is 7.85. The van der Waals surface area contributed by atoms with Gasteiger partial charge in [-0.3, -0.25) is 0 Å². The summed E-state index contributed by atoms with van der Waals surface area (Å²) in [5.74, 6) is 0. The summed E-state index contributed by atoms with van der Waals surface area (Å²) < 4.78 is 6.93. The summed E-state index contributed by atoms with van der Waals surface area (Å²) in [6.07, 6.45) is 0. The Morgan fingerprint density at radius 1 is 0.317 bits per heavy atom. The first-order chi connectivity index (χ1) is 31.3. The largest absolute Gasteiger partial charge is 0.455 e. The molecule has 10 aromatic carbocycles. The van der Waals surface area contributed by atoms with E-state index in [4.69, 9.17) is 4.42 Å². The number of anilines is 3. The van der Waals surface area contributed by atoms with Crippen molar-refractivity contribution in [2.24, 2.45) is 0 Å². The number of benzene rings is 10. The highest BCUT2D eigenvalue weighted by Gasteiger charge is 2.51. The number of fused-ring (bicyclic) bond motifs is 16. The van der Waals surface area contributed by atoms with Gasteiger partial charge in [0.15, 0.2) is 0 Å². The molecule has 0 bridgehead atoms. The quantitative estimate of drug-likeness (QED) is 0.172. The van der Waals surface area contributed by atoms with Crippen LogP contribution in [0.15, 0.2) is 241 Å². The summed E-state index contributed by atoms with van der Waals surface area (Å²) >= 11 is 0. The average Bonchev–Trinajstić information content (AvgIpc) is 3.86. The maximum atomic E-state index is 6.93. The van der Waals surface area contributed by atoms with Gasteiger partial charge in [0.05, 0.1) is 16.8 Å². The molecule has 0 saturated carbocycles. The Morgan fingerprint density at radius 3 is 1.46 bits per heavy atom. The van der Waals surface area contributed by atoms with E-state index in [1.165, 1.54) is 50.1 Å². The predicted octanol–water partition coefficient (Wildman–Crippen LogP) is 16.4. The van der Waals surface area contributed by atoms with Gasteiger partial charge < -0.3 is 9.32 Å². The minimum absolute atomic E-state index is 0.705. The summed E-state index contributed by atoms with van der Waals surface area (Å²) in [4.78, 5) is 2.49. The highest BCUT2D eigenvalue weighted by molar-refractivity contribution is 6.13. The fourth-order valence-corrected chi connectivity index (χ4v) is 11.0. The van der Waals surface area contributed by atoms with Crippen LogP contribution in [0.2, 0.25) is 0 Å². The number of rotatable bonds is 5. The fourth-order valence-electron chi connectivity index (χ4n) is 11.0. The van der Waals surface area contributed by atoms with E-state index in [2.05, 4.69) is 241 Å². The SMILES string of the molecule is c1ccc(-c2ccccc2N(c2ccc3c(c2)C2(c4ccccc4-c4ccccc4-3)c3ccccc3-c3c2ccc2c3oc3ccccc32)c2ccccc2-c2ccccc2)cc1. The van der Waals surface area contributed by atoms with Crippen molar-refractivity contribution in [1.29, 1.82) is 0 Å². The van der Waals surface area contributed by atoms with Gasteiger partial charge in [0.25, 0.3) is 0 Å². The zero-order valence-electron chi connectivity index (χ0n) is 34.4. The predicted molar refractivity (Wildman–Crippen MR) is 261 cm³/mol. The van der Waals surface area contributed by atoms with Gasteiger partial charge in [-0.1, -0.05) is 206 Å². The van der Waals surface area contributed by atoms with Crippen LogP contribution in [-0.4, -0.2) is 0 Å². The van der Waals surface area contributed by atoms with Gasteiger partial charge in [0.1, 0.15) is 11.2 Å². The summed E-state index contributed by atoms with van der Waals surface area (Å²) in [5.41, 5.74) is 21.3. The van der Waals surface area contributed by atoms with Crippen molar-refractivity contribution in [3.63, 3.8) is 0 Å². The topological polar surface area (TPSA) is 16.4 Å². The third kappa shape index (κ3) is 5.13. The van der Waals surface area contributed by atoms with Gasteiger partial charge in [0.2, 0.25) is 0 Å². The zero-order valence-corrected chi connectivity index (χ0v) is 34.4. The molecule has 2 aliphatic rings. The van der Waals surface area contributed by atoms with Gasteiger partial charge in [0, 0.05) is 33.2 Å². The molecule has 0 saturated heterocycles. The monoisotopic (exact) mass is 801 g/mol. The second-order valence-corrected chi connectivity index (χ2v) is 16.7. The van der Waals surface area contributed by atoms with Crippen molar-refractivity contribution in [3.05, 3.63) is 259 Å². The normalized spacial score (nSPS) is 14.4. The van der Waals surface area contributed by atoms with Crippen LogP contribution in [-0.2, 0) is 5.41 Å². The van der Waals surface area contributed by atoms with Crippen LogP contribution in [0.25, 0.3) is 77.6 Å². The van der Waals surface area contributed by atoms with E-state index in [1.54, 1.807) is 0 Å². The summed E-state index contributed by atoms with van der Waals surface area (Å²) in [5, 5.41) is 2.27. The third-order valence-corrected chi connectivity index (χ3v) is 13.5. The highest BCUT2D eigenvalue weighted by atomic mass is 16.3. The number of hydrogen-bond donors (Lipinski definition) is 0. The second kappa shape index (κ2) is 13.9. The molecule has 0 aliphatic heterocycles. The zero-order chi connectivity index (χ0) is 41.5. The van der Waals surface area contributed by atoms with Gasteiger partial charge in [-0.25, -0.2) is 0 Å². The molecule has 0 fully saturated rings. The van der Waals surface area contributed by atoms with Crippen LogP contribution < -0.4 is 4.90 Å². The molecule has 2 nitrogen and oxygen atoms in total. The number of hydrogen-bond acceptors (Lipinski definition) is 2. The average molecular weight is 802 g/mol. The lowest BCUT2D eigenvalue weighted by atomic mass is 9.65. The standard InChI is InChI=1S/C61H39NO/c1-3-19-40(20-4-1)43-23-11-16-32-56(43)62(57-33-17-12-24-44(57)41-21-5-2-6-22-41)42-35-36-48-46-26-8-7-25-45(46)47-27-9-14-30-52(47)61(55(48)39-42)53-31-15-10-29-51(53)59-54(61)38-37-50-49-28-13-18-34-58(49)63-60(50)59/h1-39H. The Bertz CT molecular complexity index is 3500. The van der Waals surface area contributed by atoms with Crippen LogP contribution in [0, 0.1) is 0 Å². The second-order valence-electron chi connectivity index (χ2n) is 16.7. The minimum Gasteiger partial charge on any atom is -0.455 e. The molecular formula is C61H39NO. The van der Waals surface area contributed by atoms with E-state index in [9.17, 15) is 0 Å². The van der Waals surface area contributed by atoms with Crippen LogP contribution in [0.1, 0.15) is 22.3 Å². The molecule has 0 amide bonds. The number of furan rings is 1. The Hall–Kier alpha value is -8.20. The van der Waals surface area contributed by atoms with Crippen LogP contribution in [0.3, 0.4) is 0 Å². The molecule has 11 aromatic rings. The highest BCUT2D eigenvalue weighted by Crippen LogP contribution is 2.63. The minimum atomic E-state index is -0.705. The van der Waals surface area contributed by atoms with E-state index in [0.717, 1.165) is 66.8 Å². The molecule has 1 aromatic heterocycles. The lowest BCUT2D eigenvalue weighted by Crippen LogP contribution is -2.29. The van der Waals surface area contributed by atoms with Crippen molar-refractivity contribution in [2.75, 3.05) is 4.90 Å². The molecule has 2 aliphatic carbocycles. The first kappa shape index (κ1) is 35.5. The molecule has 1 atom stereocenters. The summed E-state index contributed by atoms with van der Waals surface area (Å²) in [7, 11) is 0. The smallest absolute Gasteiger partial charge is 0.143 e. The van der Waals surface area contributed by atoms with Gasteiger partial charge >= 0.3 is 0 Å². The first-order valence-corrected chi connectivity index (χ1v) is 21.8.